The van der Waals surface area contributed by atoms with E-state index in [1.165, 1.54) is 48.2 Å². The summed E-state index contributed by atoms with van der Waals surface area (Å²) in [7, 11) is -1.11. The molecular weight excluding hydrogens is 615 g/mol. The predicted octanol–water partition coefficient (Wildman–Crippen LogP) is 7.05. The quantitative estimate of drug-likeness (QED) is 0.176. The molecule has 0 spiro atoms. The molecule has 3 aromatic carbocycles. The molecular formula is C31H32F3N3O5S2. The van der Waals surface area contributed by atoms with Gasteiger partial charge in [-0.15, -0.1) is 11.3 Å². The van der Waals surface area contributed by atoms with Crippen LogP contribution < -0.4 is 23.8 Å². The number of benzene rings is 3. The minimum Gasteiger partial charge on any atom is -0.497 e. The normalized spacial score (nSPS) is 15.6. The van der Waals surface area contributed by atoms with Crippen LogP contribution in [0.1, 0.15) is 48.0 Å². The molecule has 1 N–H and O–H groups in total. The van der Waals surface area contributed by atoms with Gasteiger partial charge in [-0.1, -0.05) is 36.4 Å². The van der Waals surface area contributed by atoms with E-state index in [0.29, 0.717) is 34.8 Å². The maximum absolute atomic E-state index is 14.1. The van der Waals surface area contributed by atoms with Crippen LogP contribution in [0.15, 0.2) is 83.2 Å². The molecule has 2 heterocycles. The van der Waals surface area contributed by atoms with Crippen LogP contribution in [0, 0.1) is 0 Å². The number of fused-ring (bicyclic) bond motifs is 1. The van der Waals surface area contributed by atoms with Gasteiger partial charge in [0.15, 0.2) is 5.13 Å². The zero-order valence-corrected chi connectivity index (χ0v) is 25.7. The zero-order chi connectivity index (χ0) is 31.3. The van der Waals surface area contributed by atoms with Crippen LogP contribution in [-0.4, -0.2) is 40.4 Å². The summed E-state index contributed by atoms with van der Waals surface area (Å²) in [6, 6.07) is 17.9. The highest BCUT2D eigenvalue weighted by Crippen LogP contribution is 2.39. The van der Waals surface area contributed by atoms with E-state index in [4.69, 9.17) is 14.2 Å². The largest absolute Gasteiger partial charge is 0.497 e. The summed E-state index contributed by atoms with van der Waals surface area (Å²) in [6.45, 7) is 0.220. The third kappa shape index (κ3) is 7.28. The number of nitrogens with zero attached hydrogens (tertiary/aromatic N) is 2. The highest BCUT2D eigenvalue weighted by atomic mass is 32.2. The monoisotopic (exact) mass is 647 g/mol. The summed E-state index contributed by atoms with van der Waals surface area (Å²) in [5.41, 5.74) is 2.04. The molecule has 0 saturated heterocycles. The SMILES string of the molecule is COc1ccc(CN(c2nccs2)S(=O)(=O)c2ccc3c(c2)OCC[C@@H]3NC(CCC(F)(F)F)c2ccccc2)c(OC)c1. The average Bonchev–Trinajstić information content (AvgIpc) is 3.56. The van der Waals surface area contributed by atoms with Crippen LogP contribution in [0.3, 0.4) is 0 Å². The van der Waals surface area contributed by atoms with Crippen molar-refractivity contribution >= 4 is 26.5 Å². The number of thiazole rings is 1. The van der Waals surface area contributed by atoms with Gasteiger partial charge in [0, 0.05) is 59.8 Å². The number of alkyl halides is 3. The zero-order valence-electron chi connectivity index (χ0n) is 24.1. The molecule has 0 aliphatic carbocycles. The first kappa shape index (κ1) is 31.6. The molecule has 0 bridgehead atoms. The molecule has 0 fully saturated rings. The first-order chi connectivity index (χ1) is 21.1. The van der Waals surface area contributed by atoms with Crippen LogP contribution in [0.25, 0.3) is 0 Å². The number of anilines is 1. The van der Waals surface area contributed by atoms with Gasteiger partial charge in [-0.05, 0) is 30.2 Å². The van der Waals surface area contributed by atoms with E-state index in [2.05, 4.69) is 10.3 Å². The molecule has 0 saturated carbocycles. The number of sulfonamides is 1. The summed E-state index contributed by atoms with van der Waals surface area (Å²) in [5.74, 6) is 1.39. The standard InChI is InChI=1S/C31H32F3N3O5S2/c1-40-23-9-8-22(28(18-23)41-2)20-37(30-35-15-17-43-30)44(38,39)24-10-11-25-27(13-16-42-29(25)19-24)36-26(12-14-31(32,33)34)21-6-4-3-5-7-21/h3-11,15,17-19,26-27,36H,12-14,16,20H2,1-2H3/t26?,27-/m0/s1. The van der Waals surface area contributed by atoms with Gasteiger partial charge in [0.05, 0.1) is 32.3 Å². The third-order valence-corrected chi connectivity index (χ3v) is 10.0. The van der Waals surface area contributed by atoms with Crippen LogP contribution in [0.4, 0.5) is 18.3 Å². The Morgan fingerprint density at radius 3 is 2.57 bits per heavy atom. The molecule has 0 radical (unpaired) electrons. The Balaban J connectivity index is 1.44. The van der Waals surface area contributed by atoms with Crippen molar-refractivity contribution in [2.45, 2.75) is 49.0 Å². The summed E-state index contributed by atoms with van der Waals surface area (Å²) in [5, 5.41) is 5.35. The van der Waals surface area contributed by atoms with Crippen molar-refractivity contribution < 1.29 is 35.8 Å². The highest BCUT2D eigenvalue weighted by molar-refractivity contribution is 7.93. The van der Waals surface area contributed by atoms with E-state index in [0.717, 1.165) is 5.56 Å². The van der Waals surface area contributed by atoms with E-state index >= 15 is 0 Å². The Morgan fingerprint density at radius 2 is 1.89 bits per heavy atom. The number of ether oxygens (including phenoxy) is 3. The average molecular weight is 648 g/mol. The van der Waals surface area contributed by atoms with E-state index in [9.17, 15) is 21.6 Å². The predicted molar refractivity (Wildman–Crippen MR) is 162 cm³/mol. The molecule has 234 valence electrons. The smallest absolute Gasteiger partial charge is 0.389 e. The van der Waals surface area contributed by atoms with Crippen molar-refractivity contribution in [3.05, 3.63) is 95.0 Å². The summed E-state index contributed by atoms with van der Waals surface area (Å²) >= 11 is 1.18. The second-order valence-corrected chi connectivity index (χ2v) is 12.9. The Labute approximate surface area is 258 Å². The Hall–Kier alpha value is -3.81. The minimum atomic E-state index is -4.29. The van der Waals surface area contributed by atoms with Crippen molar-refractivity contribution in [3.63, 3.8) is 0 Å². The molecule has 0 amide bonds. The van der Waals surface area contributed by atoms with Crippen LogP contribution in [0.2, 0.25) is 0 Å². The van der Waals surface area contributed by atoms with E-state index in [1.807, 2.05) is 6.07 Å². The van der Waals surface area contributed by atoms with Gasteiger partial charge in [-0.2, -0.15) is 13.2 Å². The lowest BCUT2D eigenvalue weighted by Gasteiger charge is -2.32. The number of aromatic nitrogens is 1. The van der Waals surface area contributed by atoms with Crippen LogP contribution in [-0.2, 0) is 16.6 Å². The van der Waals surface area contributed by atoms with Crippen molar-refractivity contribution in [1.82, 2.24) is 10.3 Å². The van der Waals surface area contributed by atoms with Crippen molar-refractivity contribution in [2.24, 2.45) is 0 Å². The summed E-state index contributed by atoms with van der Waals surface area (Å²) < 4.78 is 85.6. The Kier molecular flexibility index (Phi) is 9.66. The van der Waals surface area contributed by atoms with Gasteiger partial charge >= 0.3 is 6.18 Å². The number of hydrogen-bond donors (Lipinski definition) is 1. The molecule has 1 unspecified atom stereocenters. The summed E-state index contributed by atoms with van der Waals surface area (Å²) in [4.78, 5) is 4.26. The molecule has 5 rings (SSSR count). The van der Waals surface area contributed by atoms with Crippen LogP contribution in [0.5, 0.6) is 17.2 Å². The number of nitrogens with one attached hydrogen (secondary N) is 1. The minimum absolute atomic E-state index is 0.00346. The van der Waals surface area contributed by atoms with E-state index < -0.39 is 28.7 Å². The summed E-state index contributed by atoms with van der Waals surface area (Å²) in [6.07, 6.45) is -3.31. The number of methoxy groups -OCH3 is 2. The number of rotatable bonds is 12. The fourth-order valence-corrected chi connectivity index (χ4v) is 7.43. The fraction of sp³-hybridized carbons (Fsp3) is 0.323. The lowest BCUT2D eigenvalue weighted by molar-refractivity contribution is -0.136. The molecule has 1 aliphatic rings. The molecule has 4 aromatic rings. The fourth-order valence-electron chi connectivity index (χ4n) is 5.14. The lowest BCUT2D eigenvalue weighted by Crippen LogP contribution is -2.32. The van der Waals surface area contributed by atoms with Crippen LogP contribution >= 0.6 is 11.3 Å². The maximum atomic E-state index is 14.1. The molecule has 44 heavy (non-hydrogen) atoms. The van der Waals surface area contributed by atoms with Gasteiger partial charge in [-0.3, -0.25) is 0 Å². The van der Waals surface area contributed by atoms with E-state index in [-0.39, 0.29) is 35.6 Å². The molecule has 2 atom stereocenters. The van der Waals surface area contributed by atoms with Gasteiger partial charge in [0.2, 0.25) is 0 Å². The number of halogens is 3. The lowest BCUT2D eigenvalue weighted by atomic mass is 9.96. The van der Waals surface area contributed by atoms with Crippen molar-refractivity contribution in [2.75, 3.05) is 25.1 Å². The molecule has 1 aromatic heterocycles. The Bertz CT molecular complexity index is 1650. The second kappa shape index (κ2) is 13.4. The van der Waals surface area contributed by atoms with E-state index in [1.54, 1.807) is 53.9 Å². The molecule has 8 nitrogen and oxygen atoms in total. The maximum Gasteiger partial charge on any atom is 0.389 e. The highest BCUT2D eigenvalue weighted by Gasteiger charge is 2.33. The van der Waals surface area contributed by atoms with Gasteiger partial charge in [0.1, 0.15) is 17.2 Å². The van der Waals surface area contributed by atoms with Gasteiger partial charge < -0.3 is 19.5 Å². The first-order valence-corrected chi connectivity index (χ1v) is 16.2. The third-order valence-electron chi connectivity index (χ3n) is 7.37. The van der Waals surface area contributed by atoms with Crippen molar-refractivity contribution in [1.29, 1.82) is 0 Å². The van der Waals surface area contributed by atoms with Crippen molar-refractivity contribution in [3.8, 4) is 17.2 Å². The topological polar surface area (TPSA) is 90.0 Å². The Morgan fingerprint density at radius 1 is 1.09 bits per heavy atom. The number of hydrogen-bond acceptors (Lipinski definition) is 8. The molecule has 13 heteroatoms. The van der Waals surface area contributed by atoms with Gasteiger partial charge in [-0.25, -0.2) is 17.7 Å². The van der Waals surface area contributed by atoms with Gasteiger partial charge in [0.25, 0.3) is 10.0 Å². The first-order valence-electron chi connectivity index (χ1n) is 13.9. The molecule has 1 aliphatic heterocycles. The second-order valence-electron chi connectivity index (χ2n) is 10.2.